The minimum absolute atomic E-state index is 0.116. The fraction of sp³-hybridized carbons (Fsp3) is 0.500. The van der Waals surface area contributed by atoms with Crippen molar-refractivity contribution in [3.63, 3.8) is 0 Å². The predicted molar refractivity (Wildman–Crippen MR) is 76.1 cm³/mol. The Bertz CT molecular complexity index is 846. The molecule has 0 unspecified atom stereocenters. The number of hydrogen-bond acceptors (Lipinski definition) is 5. The summed E-state index contributed by atoms with van der Waals surface area (Å²) in [4.78, 5) is 30.2. The number of nitrogens with zero attached hydrogens (tertiary/aromatic N) is 4. The van der Waals surface area contributed by atoms with Crippen LogP contribution in [0.5, 0.6) is 0 Å². The second kappa shape index (κ2) is 3.81. The summed E-state index contributed by atoms with van der Waals surface area (Å²) in [5, 5.41) is 4.30. The van der Waals surface area contributed by atoms with Gasteiger partial charge in [-0.3, -0.25) is 18.9 Å². The van der Waals surface area contributed by atoms with Gasteiger partial charge in [0.05, 0.1) is 12.3 Å². The van der Waals surface area contributed by atoms with Gasteiger partial charge in [0, 0.05) is 12.5 Å². The van der Waals surface area contributed by atoms with E-state index in [1.165, 1.54) is 4.57 Å². The number of aromatic amines is 1. The van der Waals surface area contributed by atoms with Gasteiger partial charge in [0.25, 0.3) is 5.56 Å². The van der Waals surface area contributed by atoms with Crippen LogP contribution in [0.15, 0.2) is 14.7 Å². The number of H-pyrrole nitrogens is 1. The maximum atomic E-state index is 12.0. The monoisotopic (exact) mass is 276 g/mol. The average Bonchev–Trinajstić information content (AvgIpc) is 2.73. The molecule has 106 valence electrons. The van der Waals surface area contributed by atoms with Crippen molar-refractivity contribution in [3.05, 3.63) is 20.8 Å². The molecule has 0 aliphatic carbocycles. The molecule has 0 saturated heterocycles. The summed E-state index contributed by atoms with van der Waals surface area (Å²) in [6.45, 7) is 6.64. The van der Waals surface area contributed by atoms with Crippen LogP contribution in [0, 0.1) is 5.41 Å². The first kappa shape index (κ1) is 12.6. The third-order valence-corrected chi connectivity index (χ3v) is 3.47. The molecule has 0 radical (unpaired) electrons. The van der Waals surface area contributed by atoms with Gasteiger partial charge in [0.15, 0.2) is 11.2 Å². The minimum atomic E-state index is -0.477. The maximum absolute atomic E-state index is 12.0. The quantitative estimate of drug-likeness (QED) is 0.720. The first-order valence-electron chi connectivity index (χ1n) is 6.31. The minimum Gasteiger partial charge on any atom is -0.297 e. The summed E-state index contributed by atoms with van der Waals surface area (Å²) in [5.74, 6) is 0.472. The first-order valence-corrected chi connectivity index (χ1v) is 6.31. The van der Waals surface area contributed by atoms with Crippen molar-refractivity contribution in [1.29, 1.82) is 0 Å². The van der Waals surface area contributed by atoms with Gasteiger partial charge in [-0.15, -0.1) is 0 Å². The van der Waals surface area contributed by atoms with Gasteiger partial charge in [0.1, 0.15) is 0 Å². The summed E-state index contributed by atoms with van der Waals surface area (Å²) in [6, 6.07) is 0. The average molecular weight is 276 g/mol. The molecule has 8 heteroatoms. The molecule has 2 aromatic heterocycles. The highest BCUT2D eigenvalue weighted by Crippen LogP contribution is 2.24. The Morgan fingerprint density at radius 3 is 2.60 bits per heavy atom. The van der Waals surface area contributed by atoms with Crippen molar-refractivity contribution < 1.29 is 0 Å². The highest BCUT2D eigenvalue weighted by Gasteiger charge is 2.27. The van der Waals surface area contributed by atoms with E-state index in [2.05, 4.69) is 41.3 Å². The number of aryl methyl sites for hydroxylation is 1. The lowest BCUT2D eigenvalue weighted by molar-refractivity contribution is 0.562. The van der Waals surface area contributed by atoms with E-state index in [0.29, 0.717) is 23.7 Å². The summed E-state index contributed by atoms with van der Waals surface area (Å²) < 4.78 is 3.07. The Labute approximate surface area is 114 Å². The third-order valence-electron chi connectivity index (χ3n) is 3.47. The zero-order valence-corrected chi connectivity index (χ0v) is 11.8. The molecule has 0 fully saturated rings. The molecule has 0 saturated carbocycles. The molecule has 1 aliphatic rings. The van der Waals surface area contributed by atoms with Gasteiger partial charge in [-0.05, 0) is 0 Å². The van der Waals surface area contributed by atoms with Crippen LogP contribution in [0.1, 0.15) is 20.8 Å². The highest BCUT2D eigenvalue weighted by atomic mass is 16.2. The second-order valence-electron chi connectivity index (χ2n) is 5.93. The molecule has 0 amide bonds. The molecule has 0 atom stereocenters. The van der Waals surface area contributed by atoms with E-state index in [1.54, 1.807) is 11.6 Å². The van der Waals surface area contributed by atoms with Crippen molar-refractivity contribution in [2.45, 2.75) is 27.3 Å². The van der Waals surface area contributed by atoms with Crippen LogP contribution < -0.4 is 16.7 Å². The molecule has 0 spiro atoms. The van der Waals surface area contributed by atoms with Crippen molar-refractivity contribution in [2.24, 2.45) is 17.6 Å². The number of imidazole rings is 1. The molecular formula is C12H16N6O2. The van der Waals surface area contributed by atoms with Gasteiger partial charge < -0.3 is 0 Å². The third kappa shape index (κ3) is 1.68. The largest absolute Gasteiger partial charge is 0.329 e. The van der Waals surface area contributed by atoms with E-state index in [4.69, 9.17) is 0 Å². The van der Waals surface area contributed by atoms with Crippen molar-refractivity contribution in [1.82, 2.24) is 19.1 Å². The lowest BCUT2D eigenvalue weighted by Crippen LogP contribution is -2.32. The van der Waals surface area contributed by atoms with E-state index in [-0.39, 0.29) is 5.41 Å². The fourth-order valence-corrected chi connectivity index (χ4v) is 2.18. The lowest BCUT2D eigenvalue weighted by Gasteiger charge is -2.25. The van der Waals surface area contributed by atoms with Crippen molar-refractivity contribution >= 4 is 22.8 Å². The maximum Gasteiger partial charge on any atom is 0.329 e. The van der Waals surface area contributed by atoms with Crippen LogP contribution >= 0.6 is 0 Å². The van der Waals surface area contributed by atoms with Gasteiger partial charge in [-0.25, -0.2) is 10.2 Å². The van der Waals surface area contributed by atoms with Gasteiger partial charge >= 0.3 is 5.69 Å². The first-order chi connectivity index (χ1) is 9.29. The van der Waals surface area contributed by atoms with Crippen molar-refractivity contribution in [2.75, 3.05) is 5.43 Å². The molecule has 2 aromatic rings. The molecule has 3 heterocycles. The van der Waals surface area contributed by atoms with Gasteiger partial charge in [0.2, 0.25) is 5.95 Å². The predicted octanol–water partition coefficient (Wildman–Crippen LogP) is 0.251. The van der Waals surface area contributed by atoms with Crippen LogP contribution in [-0.4, -0.2) is 24.8 Å². The number of hydrogen-bond donors (Lipinski definition) is 2. The second-order valence-corrected chi connectivity index (χ2v) is 5.93. The fourth-order valence-electron chi connectivity index (χ4n) is 2.18. The Morgan fingerprint density at radius 1 is 1.25 bits per heavy atom. The zero-order valence-electron chi connectivity index (χ0n) is 11.8. The van der Waals surface area contributed by atoms with E-state index in [1.807, 2.05) is 0 Å². The number of rotatable bonds is 0. The lowest BCUT2D eigenvalue weighted by atomic mass is 9.90. The van der Waals surface area contributed by atoms with Crippen LogP contribution in [0.3, 0.4) is 0 Å². The molecule has 20 heavy (non-hydrogen) atoms. The molecule has 0 aromatic carbocycles. The Balaban J connectivity index is 2.27. The Kier molecular flexibility index (Phi) is 2.41. The molecule has 0 bridgehead atoms. The van der Waals surface area contributed by atoms with Crippen LogP contribution in [0.4, 0.5) is 5.95 Å². The zero-order chi connectivity index (χ0) is 14.7. The van der Waals surface area contributed by atoms with E-state index >= 15 is 0 Å². The number of aromatic nitrogens is 4. The van der Waals surface area contributed by atoms with Gasteiger partial charge in [-0.2, -0.15) is 10.1 Å². The van der Waals surface area contributed by atoms with E-state index < -0.39 is 11.2 Å². The van der Waals surface area contributed by atoms with Crippen LogP contribution in [0.2, 0.25) is 0 Å². The molecule has 8 nitrogen and oxygen atoms in total. The highest BCUT2D eigenvalue weighted by molar-refractivity contribution is 5.92. The SMILES string of the molecule is Cn1c(=O)[nH]c(=O)c2c1nc1n2CC(C(C)(C)C)=NN1. The summed E-state index contributed by atoms with van der Waals surface area (Å²) in [5.41, 5.74) is 3.48. The van der Waals surface area contributed by atoms with E-state index in [0.717, 1.165) is 5.71 Å². The van der Waals surface area contributed by atoms with Gasteiger partial charge in [-0.1, -0.05) is 20.8 Å². The number of hydrazone groups is 1. The molecule has 2 N–H and O–H groups in total. The topological polar surface area (TPSA) is 97.1 Å². The van der Waals surface area contributed by atoms with Crippen LogP contribution in [-0.2, 0) is 13.6 Å². The summed E-state index contributed by atoms with van der Waals surface area (Å²) in [6.07, 6.45) is 0. The Morgan fingerprint density at radius 2 is 1.95 bits per heavy atom. The molecular weight excluding hydrogens is 260 g/mol. The smallest absolute Gasteiger partial charge is 0.297 e. The summed E-state index contributed by atoms with van der Waals surface area (Å²) >= 11 is 0. The molecule has 3 rings (SSSR count). The normalized spacial score (nSPS) is 14.9. The van der Waals surface area contributed by atoms with Crippen molar-refractivity contribution in [3.8, 4) is 0 Å². The number of fused-ring (bicyclic) bond motifs is 3. The van der Waals surface area contributed by atoms with E-state index in [9.17, 15) is 9.59 Å². The Hall–Kier alpha value is -2.38. The molecule has 1 aliphatic heterocycles. The summed E-state index contributed by atoms with van der Waals surface area (Å²) in [7, 11) is 1.57. The number of nitrogens with one attached hydrogen (secondary N) is 2. The van der Waals surface area contributed by atoms with Crippen LogP contribution in [0.25, 0.3) is 11.2 Å². The number of anilines is 1. The standard InChI is InChI=1S/C12H16N6O2/c1-12(2,3)6-5-18-7-8(13-10(18)16-15-6)17(4)11(20)14-9(7)19/h5H2,1-4H3,(H,13,16)(H,14,19,20).